The molecule has 0 aromatic heterocycles. The van der Waals surface area contributed by atoms with Crippen LogP contribution in [0.5, 0.6) is 5.75 Å². The molecule has 3 fully saturated rings. The molecule has 0 N–H and O–H groups in total. The number of hydrogen-bond donors (Lipinski definition) is 0. The molecule has 0 unspecified atom stereocenters. The molecule has 1 aliphatic heterocycles. The van der Waals surface area contributed by atoms with Crippen molar-refractivity contribution < 1.29 is 45.3 Å². The first-order chi connectivity index (χ1) is 20.6. The number of alkyl halides is 2. The van der Waals surface area contributed by atoms with E-state index >= 15 is 8.78 Å². The maximum atomic E-state index is 15.1. The molecule has 0 bridgehead atoms. The Morgan fingerprint density at radius 1 is 0.767 bits per heavy atom. The minimum absolute atomic E-state index is 0.00637. The molecule has 2 aliphatic carbocycles. The standard InChI is InChI=1S/C33H40F6O4/c1-2-3-14-40-26-18-41-32(42-19-26)22-6-4-20(5-7-22)21-8-10-24(11-9-21)33(38,39)43-25-12-13-27(28(34)17-25)23-15-29(35)31(37)30(36)16-23/h12-13,15-17,20-22,24,26,32H,2-11,14,18-19H2,1H3. The lowest BCUT2D eigenvalue weighted by Gasteiger charge is -2.41. The average Bonchev–Trinajstić information content (AvgIpc) is 3.00. The second-order valence-electron chi connectivity index (χ2n) is 12.2. The van der Waals surface area contributed by atoms with Gasteiger partial charge in [-0.1, -0.05) is 13.3 Å². The molecule has 0 amide bonds. The van der Waals surface area contributed by atoms with Gasteiger partial charge in [0.1, 0.15) is 17.7 Å². The topological polar surface area (TPSA) is 36.9 Å². The van der Waals surface area contributed by atoms with E-state index in [1.54, 1.807) is 0 Å². The maximum Gasteiger partial charge on any atom is 0.400 e. The van der Waals surface area contributed by atoms with Crippen LogP contribution in [0.2, 0.25) is 0 Å². The third-order valence-electron chi connectivity index (χ3n) is 9.35. The van der Waals surface area contributed by atoms with Gasteiger partial charge in [0.05, 0.1) is 19.1 Å². The summed E-state index contributed by atoms with van der Waals surface area (Å²) in [6.45, 7) is 3.96. The number of rotatable bonds is 10. The minimum Gasteiger partial charge on any atom is -0.432 e. The van der Waals surface area contributed by atoms with E-state index in [-0.39, 0.29) is 29.3 Å². The van der Waals surface area contributed by atoms with Gasteiger partial charge in [-0.3, -0.25) is 0 Å². The van der Waals surface area contributed by atoms with Crippen molar-refractivity contribution in [1.82, 2.24) is 0 Å². The first-order valence-electron chi connectivity index (χ1n) is 15.5. The van der Waals surface area contributed by atoms with Gasteiger partial charge in [0.2, 0.25) is 0 Å². The summed E-state index contributed by atoms with van der Waals surface area (Å²) in [5.41, 5.74) is -0.509. The Kier molecular flexibility index (Phi) is 10.6. The van der Waals surface area contributed by atoms with Crippen LogP contribution in [0, 0.1) is 46.9 Å². The van der Waals surface area contributed by atoms with Crippen molar-refractivity contribution in [1.29, 1.82) is 0 Å². The van der Waals surface area contributed by atoms with Crippen molar-refractivity contribution in [3.8, 4) is 16.9 Å². The van der Waals surface area contributed by atoms with Crippen LogP contribution in [-0.2, 0) is 14.2 Å². The third-order valence-corrected chi connectivity index (χ3v) is 9.35. The fourth-order valence-corrected chi connectivity index (χ4v) is 6.82. The Hall–Kier alpha value is -2.30. The SMILES string of the molecule is CCCCOC1COC(C2CCC(C3CCC(C(F)(F)Oc4ccc(-c5cc(F)c(F)c(F)c5)c(F)c4)CC3)CC2)OC1. The van der Waals surface area contributed by atoms with Crippen LogP contribution in [0.3, 0.4) is 0 Å². The normalized spacial score (nSPS) is 28.5. The van der Waals surface area contributed by atoms with Crippen LogP contribution >= 0.6 is 0 Å². The lowest BCUT2D eigenvalue weighted by Crippen LogP contribution is -2.42. The molecule has 2 aromatic rings. The van der Waals surface area contributed by atoms with Crippen LogP contribution in [0.25, 0.3) is 11.1 Å². The molecule has 1 heterocycles. The summed E-state index contributed by atoms with van der Waals surface area (Å²) < 4.78 is 108. The lowest BCUT2D eigenvalue weighted by atomic mass is 9.69. The van der Waals surface area contributed by atoms with E-state index in [0.29, 0.717) is 68.8 Å². The second kappa shape index (κ2) is 14.2. The molecular weight excluding hydrogens is 574 g/mol. The van der Waals surface area contributed by atoms with Gasteiger partial charge < -0.3 is 18.9 Å². The number of unbranched alkanes of at least 4 members (excludes halogenated alkanes) is 1. The first kappa shape index (κ1) is 32.1. The van der Waals surface area contributed by atoms with Gasteiger partial charge in [0.15, 0.2) is 23.7 Å². The van der Waals surface area contributed by atoms with Crippen LogP contribution in [-0.4, -0.2) is 38.3 Å². The fourth-order valence-electron chi connectivity index (χ4n) is 6.82. The molecule has 3 aliphatic rings. The summed E-state index contributed by atoms with van der Waals surface area (Å²) in [5.74, 6) is -5.80. The first-order valence-corrected chi connectivity index (χ1v) is 15.5. The highest BCUT2D eigenvalue weighted by Crippen LogP contribution is 2.46. The van der Waals surface area contributed by atoms with Gasteiger partial charge in [-0.15, -0.1) is 0 Å². The minimum atomic E-state index is -3.50. The Bertz CT molecular complexity index is 1180. The summed E-state index contributed by atoms with van der Waals surface area (Å²) in [7, 11) is 0. The van der Waals surface area contributed by atoms with Crippen LogP contribution in [0.4, 0.5) is 26.3 Å². The average molecular weight is 615 g/mol. The number of ether oxygens (including phenoxy) is 4. The van der Waals surface area contributed by atoms with Crippen LogP contribution in [0.15, 0.2) is 30.3 Å². The van der Waals surface area contributed by atoms with Gasteiger partial charge >= 0.3 is 6.11 Å². The van der Waals surface area contributed by atoms with Gasteiger partial charge in [-0.25, -0.2) is 17.6 Å². The zero-order chi connectivity index (χ0) is 30.6. The van der Waals surface area contributed by atoms with Crippen molar-refractivity contribution in [2.24, 2.45) is 23.7 Å². The Labute approximate surface area is 249 Å². The number of halogens is 6. The number of benzene rings is 2. The molecule has 2 aromatic carbocycles. The smallest absolute Gasteiger partial charge is 0.400 e. The van der Waals surface area contributed by atoms with E-state index in [0.717, 1.165) is 63.3 Å². The second-order valence-corrected chi connectivity index (χ2v) is 12.2. The molecule has 0 spiro atoms. The van der Waals surface area contributed by atoms with E-state index < -0.39 is 35.3 Å². The van der Waals surface area contributed by atoms with Crippen molar-refractivity contribution in [2.45, 2.75) is 89.6 Å². The summed E-state index contributed by atoms with van der Waals surface area (Å²) in [4.78, 5) is 0. The van der Waals surface area contributed by atoms with Gasteiger partial charge in [-0.05, 0) is 99.5 Å². The summed E-state index contributed by atoms with van der Waals surface area (Å²) in [6.07, 6.45) is 4.43. The highest BCUT2D eigenvalue weighted by Gasteiger charge is 2.45. The van der Waals surface area contributed by atoms with E-state index in [1.807, 2.05) is 0 Å². The molecule has 10 heteroatoms. The van der Waals surface area contributed by atoms with Crippen LogP contribution < -0.4 is 4.74 Å². The van der Waals surface area contributed by atoms with Gasteiger partial charge in [0, 0.05) is 24.2 Å². The summed E-state index contributed by atoms with van der Waals surface area (Å²) in [6, 6.07) is 4.26. The largest absolute Gasteiger partial charge is 0.432 e. The monoisotopic (exact) mass is 614 g/mol. The van der Waals surface area contributed by atoms with Crippen molar-refractivity contribution in [3.05, 3.63) is 53.6 Å². The van der Waals surface area contributed by atoms with E-state index in [4.69, 9.17) is 18.9 Å². The Morgan fingerprint density at radius 3 is 1.93 bits per heavy atom. The van der Waals surface area contributed by atoms with Gasteiger partial charge in [0.25, 0.3) is 0 Å². The molecular formula is C33H40F6O4. The van der Waals surface area contributed by atoms with Crippen molar-refractivity contribution in [2.75, 3.05) is 19.8 Å². The van der Waals surface area contributed by atoms with E-state index in [9.17, 15) is 17.6 Å². The fraction of sp³-hybridized carbons (Fsp3) is 0.636. The molecule has 0 atom stereocenters. The Balaban J connectivity index is 1.07. The zero-order valence-electron chi connectivity index (χ0n) is 24.4. The number of hydrogen-bond acceptors (Lipinski definition) is 4. The summed E-state index contributed by atoms with van der Waals surface area (Å²) >= 11 is 0. The molecule has 4 nitrogen and oxygen atoms in total. The molecule has 1 saturated heterocycles. The third kappa shape index (κ3) is 7.87. The predicted octanol–water partition coefficient (Wildman–Crippen LogP) is 9.05. The molecule has 238 valence electrons. The van der Waals surface area contributed by atoms with E-state index in [1.165, 1.54) is 0 Å². The molecule has 43 heavy (non-hydrogen) atoms. The molecule has 2 saturated carbocycles. The van der Waals surface area contributed by atoms with Crippen LogP contribution in [0.1, 0.15) is 71.1 Å². The molecule has 0 radical (unpaired) electrons. The summed E-state index contributed by atoms with van der Waals surface area (Å²) in [5, 5.41) is 0. The zero-order valence-corrected chi connectivity index (χ0v) is 24.4. The lowest BCUT2D eigenvalue weighted by molar-refractivity contribution is -0.250. The molecule has 5 rings (SSSR count). The highest BCUT2D eigenvalue weighted by molar-refractivity contribution is 5.65. The van der Waals surface area contributed by atoms with E-state index in [2.05, 4.69) is 6.92 Å². The quantitative estimate of drug-likeness (QED) is 0.152. The van der Waals surface area contributed by atoms with Crippen molar-refractivity contribution in [3.63, 3.8) is 0 Å². The Morgan fingerprint density at radius 2 is 1.35 bits per heavy atom. The maximum absolute atomic E-state index is 15.1. The highest BCUT2D eigenvalue weighted by atomic mass is 19.3. The van der Waals surface area contributed by atoms with Crippen molar-refractivity contribution >= 4 is 0 Å². The predicted molar refractivity (Wildman–Crippen MR) is 149 cm³/mol. The van der Waals surface area contributed by atoms with Gasteiger partial charge in [-0.2, -0.15) is 8.78 Å².